The maximum Gasteiger partial charge on any atom is 0.394 e. The van der Waals surface area contributed by atoms with Crippen LogP contribution in [0.25, 0.3) is 0 Å². The van der Waals surface area contributed by atoms with Gasteiger partial charge in [0.25, 0.3) is 0 Å². The van der Waals surface area contributed by atoms with Crippen LogP contribution in [0.4, 0.5) is 5.69 Å². The molecule has 0 aromatic heterocycles. The van der Waals surface area contributed by atoms with E-state index in [1.807, 2.05) is 0 Å². The van der Waals surface area contributed by atoms with E-state index >= 15 is 0 Å². The Morgan fingerprint density at radius 1 is 1.12 bits per heavy atom. The molecule has 0 aliphatic heterocycles. The van der Waals surface area contributed by atoms with Crippen molar-refractivity contribution >= 4 is 16.1 Å². The summed E-state index contributed by atoms with van der Waals surface area (Å²) in [5.74, 6) is 0. The second-order valence-electron chi connectivity index (χ2n) is 3.15. The van der Waals surface area contributed by atoms with Crippen LogP contribution in [0.2, 0.25) is 0 Å². The minimum Gasteiger partial charge on any atom is -0.322 e. The van der Waals surface area contributed by atoms with Gasteiger partial charge in [-0.15, -0.1) is 0 Å². The molecule has 1 aromatic carbocycles. The fourth-order valence-corrected chi connectivity index (χ4v) is 1.01. The molecule has 0 unspecified atom stereocenters. The Labute approximate surface area is 102 Å². The number of nitrogens with one attached hydrogen (secondary N) is 2. The van der Waals surface area contributed by atoms with Crippen LogP contribution in [0.1, 0.15) is 19.4 Å². The van der Waals surface area contributed by atoms with Crippen molar-refractivity contribution in [2.24, 2.45) is 0 Å². The van der Waals surface area contributed by atoms with Crippen molar-refractivity contribution in [3.8, 4) is 0 Å². The first kappa shape index (κ1) is 15.9. The summed E-state index contributed by atoms with van der Waals surface area (Å²) in [6.07, 6.45) is 1.10. The number of hydrazine groups is 1. The van der Waals surface area contributed by atoms with Crippen molar-refractivity contribution in [2.75, 3.05) is 12.0 Å². The van der Waals surface area contributed by atoms with E-state index in [-0.39, 0.29) is 0 Å². The van der Waals surface area contributed by atoms with Crippen molar-refractivity contribution in [3.05, 3.63) is 29.8 Å². The average Bonchev–Trinajstić information content (AvgIpc) is 2.25. The summed E-state index contributed by atoms with van der Waals surface area (Å²) in [6.45, 7) is 5.15. The Balaban J connectivity index is 0.000000437. The van der Waals surface area contributed by atoms with Gasteiger partial charge >= 0.3 is 10.4 Å². The number of benzene rings is 1. The van der Waals surface area contributed by atoms with Gasteiger partial charge in [0, 0.05) is 12.2 Å². The van der Waals surface area contributed by atoms with Crippen molar-refractivity contribution in [2.45, 2.75) is 20.3 Å². The zero-order chi connectivity index (χ0) is 13.3. The fraction of sp³-hybridized carbons (Fsp3) is 0.400. The van der Waals surface area contributed by atoms with E-state index < -0.39 is 10.4 Å². The van der Waals surface area contributed by atoms with E-state index in [4.69, 9.17) is 17.5 Å². The summed E-state index contributed by atoms with van der Waals surface area (Å²) in [7, 11) is -4.67. The van der Waals surface area contributed by atoms with Crippen LogP contribution in [0.5, 0.6) is 0 Å². The molecule has 0 amide bonds. The number of rotatable bonds is 4. The molecular formula is C10H18N2O4S. The van der Waals surface area contributed by atoms with Crippen LogP contribution in [0.15, 0.2) is 24.3 Å². The molecule has 0 saturated heterocycles. The normalized spacial score (nSPS) is 10.4. The van der Waals surface area contributed by atoms with Gasteiger partial charge < -0.3 is 5.43 Å². The molecule has 0 spiro atoms. The molecule has 1 rings (SSSR count). The van der Waals surface area contributed by atoms with E-state index in [2.05, 4.69) is 49.0 Å². The third-order valence-electron chi connectivity index (χ3n) is 1.77. The Morgan fingerprint density at radius 2 is 1.59 bits per heavy atom. The van der Waals surface area contributed by atoms with Crippen molar-refractivity contribution < 1.29 is 17.5 Å². The van der Waals surface area contributed by atoms with Gasteiger partial charge in [-0.05, 0) is 24.1 Å². The summed E-state index contributed by atoms with van der Waals surface area (Å²) in [5.41, 5.74) is 8.64. The smallest absolute Gasteiger partial charge is 0.322 e. The standard InChI is InChI=1S/C10H16N2.H2O4S/c1-3-9-5-7-10(8-6-9)12-11-4-2;1-5(2,3)4/h5-8,11-12H,3-4H2,1-2H3;(H2,1,2,3,4). The zero-order valence-corrected chi connectivity index (χ0v) is 10.7. The molecule has 0 fully saturated rings. The second kappa shape index (κ2) is 8.02. The number of anilines is 1. The van der Waals surface area contributed by atoms with Crippen molar-refractivity contribution in [1.82, 2.24) is 5.43 Å². The highest BCUT2D eigenvalue weighted by Crippen LogP contribution is 2.08. The first-order valence-corrected chi connectivity index (χ1v) is 6.54. The summed E-state index contributed by atoms with van der Waals surface area (Å²) in [4.78, 5) is 0. The van der Waals surface area contributed by atoms with Crippen LogP contribution in [0.3, 0.4) is 0 Å². The van der Waals surface area contributed by atoms with E-state index in [1.54, 1.807) is 0 Å². The van der Waals surface area contributed by atoms with Crippen molar-refractivity contribution in [1.29, 1.82) is 0 Å². The highest BCUT2D eigenvalue weighted by atomic mass is 32.3. The maximum absolute atomic E-state index is 8.74. The first-order valence-electron chi connectivity index (χ1n) is 5.14. The number of hydrogen-bond donors (Lipinski definition) is 4. The summed E-state index contributed by atoms with van der Waals surface area (Å²) < 4.78 is 31.6. The lowest BCUT2D eigenvalue weighted by atomic mass is 10.2. The van der Waals surface area contributed by atoms with E-state index in [1.165, 1.54) is 5.56 Å². The first-order chi connectivity index (χ1) is 7.86. The molecule has 0 aliphatic rings. The lowest BCUT2D eigenvalue weighted by Gasteiger charge is -2.06. The third-order valence-corrected chi connectivity index (χ3v) is 1.77. The number of hydrogen-bond acceptors (Lipinski definition) is 4. The van der Waals surface area contributed by atoms with E-state index in [9.17, 15) is 0 Å². The van der Waals surface area contributed by atoms with Crippen LogP contribution in [0, 0.1) is 0 Å². The maximum atomic E-state index is 8.74. The molecule has 1 aromatic rings. The molecular weight excluding hydrogens is 244 g/mol. The molecule has 0 aliphatic carbocycles. The number of aryl methyl sites for hydroxylation is 1. The highest BCUT2D eigenvalue weighted by Gasteiger charge is 1.90. The lowest BCUT2D eigenvalue weighted by molar-refractivity contribution is 0.381. The molecule has 0 bridgehead atoms. The topological polar surface area (TPSA) is 98.7 Å². The van der Waals surface area contributed by atoms with Gasteiger partial charge in [-0.25, -0.2) is 5.43 Å². The largest absolute Gasteiger partial charge is 0.394 e. The van der Waals surface area contributed by atoms with Crippen molar-refractivity contribution in [3.63, 3.8) is 0 Å². The third kappa shape index (κ3) is 11.1. The molecule has 4 N–H and O–H groups in total. The monoisotopic (exact) mass is 262 g/mol. The van der Waals surface area contributed by atoms with Gasteiger partial charge in [0.2, 0.25) is 0 Å². The minimum absolute atomic E-state index is 0.926. The Hall–Kier alpha value is -1.15. The summed E-state index contributed by atoms with van der Waals surface area (Å²) in [6, 6.07) is 8.45. The van der Waals surface area contributed by atoms with E-state index in [0.717, 1.165) is 18.7 Å². The van der Waals surface area contributed by atoms with Gasteiger partial charge in [0.05, 0.1) is 0 Å². The average molecular weight is 262 g/mol. The van der Waals surface area contributed by atoms with E-state index in [0.29, 0.717) is 0 Å². The molecule has 98 valence electrons. The van der Waals surface area contributed by atoms with Gasteiger partial charge in [-0.2, -0.15) is 8.42 Å². The molecule has 0 radical (unpaired) electrons. The Kier molecular flexibility index (Phi) is 7.47. The second-order valence-corrected chi connectivity index (χ2v) is 4.05. The van der Waals surface area contributed by atoms with Crippen LogP contribution < -0.4 is 10.9 Å². The molecule has 7 heteroatoms. The Bertz CT molecular complexity index is 395. The summed E-state index contributed by atoms with van der Waals surface area (Å²) in [5, 5.41) is 0. The minimum atomic E-state index is -4.67. The fourth-order valence-electron chi connectivity index (χ4n) is 1.01. The van der Waals surface area contributed by atoms with Gasteiger partial charge in [0.1, 0.15) is 0 Å². The van der Waals surface area contributed by atoms with Crippen LogP contribution in [-0.2, 0) is 16.8 Å². The molecule has 17 heavy (non-hydrogen) atoms. The predicted octanol–water partition coefficient (Wildman–Crippen LogP) is 1.53. The highest BCUT2D eigenvalue weighted by molar-refractivity contribution is 7.79. The molecule has 6 nitrogen and oxygen atoms in total. The molecule has 0 saturated carbocycles. The molecule has 0 atom stereocenters. The lowest BCUT2D eigenvalue weighted by Crippen LogP contribution is -2.20. The van der Waals surface area contributed by atoms with Gasteiger partial charge in [-0.3, -0.25) is 9.11 Å². The zero-order valence-electron chi connectivity index (χ0n) is 9.84. The quantitative estimate of drug-likeness (QED) is 0.485. The SMILES string of the molecule is CCNNc1ccc(CC)cc1.O=S(=O)(O)O. The summed E-state index contributed by atoms with van der Waals surface area (Å²) >= 11 is 0. The van der Waals surface area contributed by atoms with Crippen LogP contribution in [-0.4, -0.2) is 24.1 Å². The Morgan fingerprint density at radius 3 is 1.94 bits per heavy atom. The van der Waals surface area contributed by atoms with Gasteiger partial charge in [-0.1, -0.05) is 26.0 Å². The molecule has 0 heterocycles. The predicted molar refractivity (Wildman–Crippen MR) is 67.3 cm³/mol. The van der Waals surface area contributed by atoms with Crippen LogP contribution >= 0.6 is 0 Å². The van der Waals surface area contributed by atoms with Gasteiger partial charge in [0.15, 0.2) is 0 Å².